The zero-order chi connectivity index (χ0) is 40.8. The van der Waals surface area contributed by atoms with Gasteiger partial charge in [0.2, 0.25) is 0 Å². The van der Waals surface area contributed by atoms with Crippen molar-refractivity contribution < 1.29 is 86.6 Å². The normalized spacial score (nSPS) is 12.4. The maximum absolute atomic E-state index is 12.8. The molecule has 0 aromatic heterocycles. The van der Waals surface area contributed by atoms with Gasteiger partial charge in [0.05, 0.1) is 25.7 Å². The third-order valence-corrected chi connectivity index (χ3v) is 18.1. The Balaban J connectivity index is -0.0000146. The molecule has 0 spiro atoms. The molecule has 0 aliphatic carbocycles. The first-order valence-corrected chi connectivity index (χ1v) is 30.8. The maximum Gasteiger partial charge on any atom is 1.00 e. The van der Waals surface area contributed by atoms with E-state index in [1.165, 1.54) is 21.6 Å². The molecule has 2 atom stereocenters. The second kappa shape index (κ2) is 43.5. The van der Waals surface area contributed by atoms with Crippen molar-refractivity contribution in [2.45, 2.75) is 90.9 Å². The molecule has 23 heteroatoms. The van der Waals surface area contributed by atoms with E-state index in [9.17, 15) is 27.6 Å². The Morgan fingerprint density at radius 1 is 0.464 bits per heavy atom. The molecule has 326 valence electrons. The summed E-state index contributed by atoms with van der Waals surface area (Å²) in [5.41, 5.74) is -1.33. The van der Waals surface area contributed by atoms with E-state index in [2.05, 4.69) is 13.8 Å². The van der Waals surface area contributed by atoms with Gasteiger partial charge in [0.15, 0.2) is 22.2 Å². The summed E-state index contributed by atoms with van der Waals surface area (Å²) in [5.74, 6) is 4.14. The summed E-state index contributed by atoms with van der Waals surface area (Å²) < 4.78 is 62.0. The van der Waals surface area contributed by atoms with Gasteiger partial charge in [-0.25, -0.2) is 8.42 Å². The fraction of sp³-hybridized carbons (Fsp3) is 0.879. The fourth-order valence-electron chi connectivity index (χ4n) is 3.62. The molecule has 0 aromatic carbocycles. The minimum absolute atomic E-state index is 0. The van der Waals surface area contributed by atoms with E-state index in [-0.39, 0.29) is 94.6 Å². The minimum atomic E-state index is -1.79. The molecule has 56 heavy (non-hydrogen) atoms. The number of unbranched alkanes of at least 4 members (excludes halogenated alkanes) is 4. The van der Waals surface area contributed by atoms with Crippen LogP contribution in [0.1, 0.15) is 92.3 Å². The van der Waals surface area contributed by atoms with Gasteiger partial charge in [-0.3, -0.25) is 19.2 Å². The average molecular weight is 993 g/mol. The molecule has 2 unspecified atom stereocenters. The molecule has 12 nitrogen and oxygen atoms in total. The van der Waals surface area contributed by atoms with Crippen LogP contribution in [0.4, 0.5) is 0 Å². The van der Waals surface area contributed by atoms with Crippen LogP contribution in [0.5, 0.6) is 0 Å². The van der Waals surface area contributed by atoms with Crippen LogP contribution in [-0.2, 0) is 60.3 Å². The molecule has 0 amide bonds. The number of carbonyl (C=O) groups excluding carboxylic acids is 4. The first-order valence-electron chi connectivity index (χ1n) is 18.3. The van der Waals surface area contributed by atoms with E-state index in [1.54, 1.807) is 64.8 Å². The molecule has 0 bridgehead atoms. The van der Waals surface area contributed by atoms with E-state index < -0.39 is 51.5 Å². The first-order chi connectivity index (χ1) is 26.5. The van der Waals surface area contributed by atoms with Gasteiger partial charge in [-0.2, -0.15) is 0 Å². The second-order valence-corrected chi connectivity index (χ2v) is 24.8. The zero-order valence-corrected chi connectivity index (χ0v) is 43.1. The Morgan fingerprint density at radius 3 is 0.964 bits per heavy atom. The summed E-state index contributed by atoms with van der Waals surface area (Å²) in [6.07, 6.45) is 7.74. The van der Waals surface area contributed by atoms with Crippen molar-refractivity contribution in [1.82, 2.24) is 0 Å². The number of rotatable bonds is 40. The standard InChI is InChI=1S/C33H60O12S10.Na.H/c1-3-5-15-46-50-19-11-29(34)42-25-33(26-43-30(35)12-20-51-47-16-6-4-2,27-44-31(36)13-21-52-48-17-7-9-23-54(38)39)28-45-32(37)14-22-53-49-18-8-10-24-55(40)41;;/h3-28H2,1-2H3,(H,38,39)(H,40,41);;/q;+1;-1. The second-order valence-electron chi connectivity index (χ2n) is 11.9. The van der Waals surface area contributed by atoms with E-state index in [4.69, 9.17) is 28.1 Å². The van der Waals surface area contributed by atoms with Crippen LogP contribution in [0.25, 0.3) is 0 Å². The Kier molecular flexibility index (Phi) is 46.6. The molecule has 0 rings (SSSR count). The fourth-order valence-corrected chi connectivity index (χ4v) is 13.2. The van der Waals surface area contributed by atoms with Gasteiger partial charge >= 0.3 is 53.4 Å². The Morgan fingerprint density at radius 2 is 0.714 bits per heavy atom. The van der Waals surface area contributed by atoms with Crippen molar-refractivity contribution in [2.75, 3.05) is 84.0 Å². The molecule has 0 saturated carbocycles. The summed E-state index contributed by atoms with van der Waals surface area (Å²) >= 11 is -3.59. The zero-order valence-electron chi connectivity index (χ0n) is 33.9. The van der Waals surface area contributed by atoms with Crippen LogP contribution in [-0.4, -0.2) is 125 Å². The van der Waals surface area contributed by atoms with Gasteiger partial charge in [-0.15, -0.1) is 0 Å². The molecule has 2 N–H and O–H groups in total. The smallest absolute Gasteiger partial charge is 1.00 e. The molecule has 0 heterocycles. The number of esters is 4. The minimum Gasteiger partial charge on any atom is -1.00 e. The molecule has 0 radical (unpaired) electrons. The van der Waals surface area contributed by atoms with Crippen LogP contribution in [0, 0.1) is 5.41 Å². The molecular formula is C33H61NaO12S10. The third-order valence-electron chi connectivity index (χ3n) is 6.80. The summed E-state index contributed by atoms with van der Waals surface area (Å²) in [6, 6.07) is 0. The molecule has 0 aliphatic heterocycles. The number of ether oxygens (including phenoxy) is 4. The van der Waals surface area contributed by atoms with Crippen LogP contribution < -0.4 is 29.6 Å². The maximum atomic E-state index is 12.8. The van der Waals surface area contributed by atoms with E-state index >= 15 is 0 Å². The van der Waals surface area contributed by atoms with Crippen molar-refractivity contribution in [3.8, 4) is 0 Å². The van der Waals surface area contributed by atoms with Gasteiger partial charge in [0.1, 0.15) is 31.8 Å². The van der Waals surface area contributed by atoms with Crippen molar-refractivity contribution in [1.29, 1.82) is 0 Å². The predicted molar refractivity (Wildman–Crippen MR) is 245 cm³/mol. The molecule has 0 aliphatic rings. The topological polar surface area (TPSA) is 180 Å². The van der Waals surface area contributed by atoms with Gasteiger partial charge in [0.25, 0.3) is 0 Å². The summed E-state index contributed by atoms with van der Waals surface area (Å²) in [4.78, 5) is 51.3. The monoisotopic (exact) mass is 992 g/mol. The number of hydrogen-bond acceptors (Lipinski definition) is 18. The Labute approximate surface area is 395 Å². The van der Waals surface area contributed by atoms with Crippen LogP contribution in [0.3, 0.4) is 0 Å². The Hall–Kier alpha value is 1.90. The van der Waals surface area contributed by atoms with Crippen LogP contribution >= 0.6 is 86.4 Å². The summed E-state index contributed by atoms with van der Waals surface area (Å²) in [5, 5.41) is 0. The van der Waals surface area contributed by atoms with Crippen LogP contribution in [0.15, 0.2) is 0 Å². The van der Waals surface area contributed by atoms with Crippen molar-refractivity contribution in [3.05, 3.63) is 0 Å². The van der Waals surface area contributed by atoms with Crippen LogP contribution in [0.2, 0.25) is 0 Å². The predicted octanol–water partition coefficient (Wildman–Crippen LogP) is 5.95. The van der Waals surface area contributed by atoms with Gasteiger partial charge in [-0.1, -0.05) is 113 Å². The summed E-state index contributed by atoms with van der Waals surface area (Å²) in [6.45, 7) is 3.06. The number of carbonyl (C=O) groups is 4. The SMILES string of the molecule is CCCCSSCCC(=O)OCC(COC(=O)CCSSCCCC)(COC(=O)CCSSCCCCS(=O)O)COC(=O)CCSSCCCCS(=O)O.[H-].[Na+]. The van der Waals surface area contributed by atoms with Gasteiger partial charge in [-0.05, 0) is 38.5 Å². The first kappa shape index (κ1) is 60.0. The molecule has 0 saturated heterocycles. The Bertz CT molecular complexity index is 995. The third kappa shape index (κ3) is 41.3. The van der Waals surface area contributed by atoms with Crippen molar-refractivity contribution in [2.24, 2.45) is 5.41 Å². The molecule has 0 aromatic rings. The van der Waals surface area contributed by atoms with Crippen molar-refractivity contribution in [3.63, 3.8) is 0 Å². The molecular weight excluding hydrogens is 932 g/mol. The van der Waals surface area contributed by atoms with Crippen molar-refractivity contribution >= 4 is 132 Å². The van der Waals surface area contributed by atoms with E-state index in [0.29, 0.717) is 35.9 Å². The van der Waals surface area contributed by atoms with Gasteiger partial charge in [0, 0.05) is 57.5 Å². The van der Waals surface area contributed by atoms with Gasteiger partial charge < -0.3 is 29.5 Å². The average Bonchev–Trinajstić information content (AvgIpc) is 3.15. The van der Waals surface area contributed by atoms with E-state index in [0.717, 1.165) is 61.5 Å². The van der Waals surface area contributed by atoms with E-state index in [1.807, 2.05) is 0 Å². The number of hydrogen-bond donors (Lipinski definition) is 2. The quantitative estimate of drug-likeness (QED) is 0.0183. The largest absolute Gasteiger partial charge is 1.00 e. The summed E-state index contributed by atoms with van der Waals surface area (Å²) in [7, 11) is 12.7. The molecule has 0 fully saturated rings.